The molecule has 1 saturated heterocycles. The van der Waals surface area contributed by atoms with Gasteiger partial charge in [0.1, 0.15) is 17.9 Å². The minimum absolute atomic E-state index is 0.190. The van der Waals surface area contributed by atoms with Crippen LogP contribution in [-0.2, 0) is 13.6 Å². The van der Waals surface area contributed by atoms with Crippen LogP contribution in [0.5, 0.6) is 0 Å². The maximum atomic E-state index is 13.2. The lowest BCUT2D eigenvalue weighted by Gasteiger charge is -2.23. The second-order valence-electron chi connectivity index (χ2n) is 6.23. The van der Waals surface area contributed by atoms with Crippen LogP contribution in [0.1, 0.15) is 30.2 Å². The van der Waals surface area contributed by atoms with E-state index in [2.05, 4.69) is 15.1 Å². The van der Waals surface area contributed by atoms with Gasteiger partial charge in [0.25, 0.3) is 0 Å². The third kappa shape index (κ3) is 3.62. The molecule has 7 heteroatoms. The largest absolute Gasteiger partial charge is 0.453 e. The van der Waals surface area contributed by atoms with Crippen LogP contribution in [0.2, 0.25) is 0 Å². The molecule has 4 rings (SSSR count). The monoisotopic (exact) mass is 358 g/mol. The van der Waals surface area contributed by atoms with Crippen LogP contribution in [0.4, 0.5) is 4.39 Å². The summed E-state index contributed by atoms with van der Waals surface area (Å²) in [5, 5.41) is 9.54. The molecule has 1 aromatic carbocycles. The summed E-state index contributed by atoms with van der Waals surface area (Å²) in [6, 6.07) is 11.1. The third-order valence-corrected chi connectivity index (χ3v) is 5.45. The van der Waals surface area contributed by atoms with Crippen LogP contribution >= 0.6 is 11.8 Å². The Morgan fingerprint density at radius 3 is 2.84 bits per heavy atom. The van der Waals surface area contributed by atoms with Crippen molar-refractivity contribution < 1.29 is 8.81 Å². The standard InChI is InChI=1S/C18H19FN4OS/c1-22-12-20-21-18(22)25-17-9-8-15(24-17)11-23-10-2-3-16(23)13-4-6-14(19)7-5-13/h4-9,12,16H,2-3,10-11H2,1H3/t16-/m1/s1. The van der Waals surface area contributed by atoms with E-state index in [9.17, 15) is 4.39 Å². The first-order chi connectivity index (χ1) is 12.2. The fraction of sp³-hybridized carbons (Fsp3) is 0.333. The maximum Gasteiger partial charge on any atom is 0.198 e. The minimum Gasteiger partial charge on any atom is -0.453 e. The number of halogens is 1. The summed E-state index contributed by atoms with van der Waals surface area (Å²) >= 11 is 1.46. The van der Waals surface area contributed by atoms with Gasteiger partial charge in [-0.2, -0.15) is 0 Å². The summed E-state index contributed by atoms with van der Waals surface area (Å²) in [4.78, 5) is 2.39. The smallest absolute Gasteiger partial charge is 0.198 e. The first-order valence-electron chi connectivity index (χ1n) is 8.29. The number of benzene rings is 1. The zero-order chi connectivity index (χ0) is 17.2. The molecule has 0 spiro atoms. The van der Waals surface area contributed by atoms with Crippen molar-refractivity contribution >= 4 is 11.8 Å². The Balaban J connectivity index is 1.44. The first-order valence-corrected chi connectivity index (χ1v) is 9.11. The SMILES string of the molecule is Cn1cnnc1Sc1ccc(CN2CCC[C@@H]2c2ccc(F)cc2)o1. The molecule has 1 fully saturated rings. The van der Waals surface area contributed by atoms with Gasteiger partial charge < -0.3 is 8.98 Å². The maximum absolute atomic E-state index is 13.2. The van der Waals surface area contributed by atoms with Gasteiger partial charge >= 0.3 is 0 Å². The summed E-state index contributed by atoms with van der Waals surface area (Å²) in [5.74, 6) is 0.739. The second kappa shape index (κ2) is 7.01. The van der Waals surface area contributed by atoms with Gasteiger partial charge in [-0.25, -0.2) is 4.39 Å². The highest BCUT2D eigenvalue weighted by molar-refractivity contribution is 7.99. The molecule has 0 amide bonds. The van der Waals surface area contributed by atoms with E-state index in [-0.39, 0.29) is 5.82 Å². The van der Waals surface area contributed by atoms with Crippen LogP contribution < -0.4 is 0 Å². The van der Waals surface area contributed by atoms with E-state index in [0.29, 0.717) is 6.04 Å². The van der Waals surface area contributed by atoms with Gasteiger partial charge in [0, 0.05) is 13.1 Å². The van der Waals surface area contributed by atoms with Crippen molar-refractivity contribution in [2.75, 3.05) is 6.54 Å². The van der Waals surface area contributed by atoms with Gasteiger partial charge in [0.05, 0.1) is 6.54 Å². The molecule has 0 unspecified atom stereocenters. The highest BCUT2D eigenvalue weighted by Crippen LogP contribution is 2.34. The van der Waals surface area contributed by atoms with Crippen molar-refractivity contribution in [1.82, 2.24) is 19.7 Å². The molecule has 0 bridgehead atoms. The van der Waals surface area contributed by atoms with E-state index in [0.717, 1.165) is 41.9 Å². The highest BCUT2D eigenvalue weighted by Gasteiger charge is 2.26. The van der Waals surface area contributed by atoms with Crippen LogP contribution in [0.3, 0.4) is 0 Å². The van der Waals surface area contributed by atoms with Crippen molar-refractivity contribution in [1.29, 1.82) is 0 Å². The van der Waals surface area contributed by atoms with E-state index in [1.54, 1.807) is 6.33 Å². The number of likely N-dealkylation sites (tertiary alicyclic amines) is 1. The zero-order valence-electron chi connectivity index (χ0n) is 13.9. The summed E-state index contributed by atoms with van der Waals surface area (Å²) in [7, 11) is 1.91. The second-order valence-corrected chi connectivity index (χ2v) is 7.20. The average Bonchev–Trinajstić information content (AvgIpc) is 3.33. The Bertz CT molecular complexity index is 845. The summed E-state index contributed by atoms with van der Waals surface area (Å²) in [5.41, 5.74) is 1.17. The van der Waals surface area contributed by atoms with E-state index < -0.39 is 0 Å². The van der Waals surface area contributed by atoms with Gasteiger partial charge in [-0.05, 0) is 61.0 Å². The molecule has 3 heterocycles. The molecule has 1 atom stereocenters. The Labute approximate surface area is 149 Å². The van der Waals surface area contributed by atoms with Gasteiger partial charge in [-0.3, -0.25) is 4.90 Å². The lowest BCUT2D eigenvalue weighted by atomic mass is 10.0. The molecule has 3 aromatic rings. The number of aromatic nitrogens is 3. The highest BCUT2D eigenvalue weighted by atomic mass is 32.2. The molecule has 130 valence electrons. The van der Waals surface area contributed by atoms with Crippen LogP contribution in [0, 0.1) is 5.82 Å². The van der Waals surface area contributed by atoms with Gasteiger partial charge in [-0.1, -0.05) is 12.1 Å². The number of nitrogens with zero attached hydrogens (tertiary/aromatic N) is 4. The fourth-order valence-electron chi connectivity index (χ4n) is 3.23. The van der Waals surface area contributed by atoms with Crippen molar-refractivity contribution in [2.24, 2.45) is 7.05 Å². The quantitative estimate of drug-likeness (QED) is 0.689. The van der Waals surface area contributed by atoms with E-state index in [4.69, 9.17) is 4.42 Å². The van der Waals surface area contributed by atoms with Crippen molar-refractivity contribution in [3.05, 3.63) is 59.9 Å². The summed E-state index contributed by atoms with van der Waals surface area (Å²) < 4.78 is 21.0. The van der Waals surface area contributed by atoms with Crippen LogP contribution in [0.25, 0.3) is 0 Å². The number of aryl methyl sites for hydroxylation is 1. The Kier molecular flexibility index (Phi) is 4.59. The molecule has 0 radical (unpaired) electrons. The molecule has 0 N–H and O–H groups in total. The molecule has 5 nitrogen and oxygen atoms in total. The molecule has 1 aliphatic rings. The van der Waals surface area contributed by atoms with Gasteiger partial charge in [-0.15, -0.1) is 10.2 Å². The first kappa shape index (κ1) is 16.4. The molecular formula is C18H19FN4OS. The molecule has 25 heavy (non-hydrogen) atoms. The predicted molar refractivity (Wildman–Crippen MR) is 92.6 cm³/mol. The number of hydrogen-bond donors (Lipinski definition) is 0. The Hall–Kier alpha value is -2.12. The van der Waals surface area contributed by atoms with Crippen molar-refractivity contribution in [2.45, 2.75) is 35.7 Å². The normalized spacial score (nSPS) is 18.1. The Morgan fingerprint density at radius 1 is 1.24 bits per heavy atom. The number of hydrogen-bond acceptors (Lipinski definition) is 5. The van der Waals surface area contributed by atoms with E-state index in [1.807, 2.05) is 35.9 Å². The third-order valence-electron chi connectivity index (χ3n) is 4.48. The van der Waals surface area contributed by atoms with Crippen LogP contribution in [-0.4, -0.2) is 26.2 Å². The van der Waals surface area contributed by atoms with Gasteiger partial charge in [0.2, 0.25) is 0 Å². The molecule has 0 aliphatic carbocycles. The van der Waals surface area contributed by atoms with Crippen molar-refractivity contribution in [3.63, 3.8) is 0 Å². The topological polar surface area (TPSA) is 47.1 Å². The Morgan fingerprint density at radius 2 is 2.08 bits per heavy atom. The van der Waals surface area contributed by atoms with Gasteiger partial charge in [0.15, 0.2) is 10.2 Å². The average molecular weight is 358 g/mol. The van der Waals surface area contributed by atoms with E-state index >= 15 is 0 Å². The van der Waals surface area contributed by atoms with Crippen molar-refractivity contribution in [3.8, 4) is 0 Å². The molecule has 0 saturated carbocycles. The lowest BCUT2D eigenvalue weighted by Crippen LogP contribution is -2.22. The lowest BCUT2D eigenvalue weighted by molar-refractivity contribution is 0.222. The summed E-state index contributed by atoms with van der Waals surface area (Å²) in [6.07, 6.45) is 3.90. The number of furan rings is 1. The molecular weight excluding hydrogens is 339 g/mol. The summed E-state index contributed by atoms with van der Waals surface area (Å²) in [6.45, 7) is 1.77. The predicted octanol–water partition coefficient (Wildman–Crippen LogP) is 4.04. The van der Waals surface area contributed by atoms with Crippen LogP contribution in [0.15, 0.2) is 57.4 Å². The molecule has 2 aromatic heterocycles. The molecule has 1 aliphatic heterocycles. The number of rotatable bonds is 5. The minimum atomic E-state index is -0.190. The van der Waals surface area contributed by atoms with E-state index in [1.165, 1.54) is 29.5 Å². The zero-order valence-corrected chi connectivity index (χ0v) is 14.7. The fourth-order valence-corrected chi connectivity index (χ4v) is 3.97.